The molecule has 0 aliphatic rings. The summed E-state index contributed by atoms with van der Waals surface area (Å²) in [7, 11) is 1.87. The second kappa shape index (κ2) is 5.60. The second-order valence-corrected chi connectivity index (χ2v) is 4.10. The fraction of sp³-hybridized carbons (Fsp3) is 0.455. The Morgan fingerprint density at radius 2 is 2.24 bits per heavy atom. The number of hydrogen-bond acceptors (Lipinski definition) is 5. The molecule has 0 spiro atoms. The average molecular weight is 239 g/mol. The molecular formula is C11H17N3O3. The van der Waals surface area contributed by atoms with Gasteiger partial charge in [0.1, 0.15) is 5.69 Å². The number of rotatable bonds is 5. The van der Waals surface area contributed by atoms with Gasteiger partial charge < -0.3 is 10.8 Å². The minimum Gasteiger partial charge on any atom is -0.395 e. The summed E-state index contributed by atoms with van der Waals surface area (Å²) in [6, 6.07) is 4.71. The minimum absolute atomic E-state index is 0.0337. The molecule has 1 aromatic rings. The standard InChI is InChI=1S/C11H17N3O3/c1-8(7-15)13(2)6-9-3-4-11(14(16)17)10(12)5-9/h3-5,8,15H,6-7,12H2,1-2H3. The van der Waals surface area contributed by atoms with Crippen LogP contribution in [0, 0.1) is 10.1 Å². The van der Waals surface area contributed by atoms with Crippen molar-refractivity contribution in [1.82, 2.24) is 4.90 Å². The van der Waals surface area contributed by atoms with Gasteiger partial charge in [-0.1, -0.05) is 6.07 Å². The van der Waals surface area contributed by atoms with Crippen LogP contribution in [-0.2, 0) is 6.54 Å². The first-order chi connectivity index (χ1) is 7.95. The summed E-state index contributed by atoms with van der Waals surface area (Å²) < 4.78 is 0. The summed E-state index contributed by atoms with van der Waals surface area (Å²) >= 11 is 0. The van der Waals surface area contributed by atoms with Crippen molar-refractivity contribution in [2.45, 2.75) is 19.5 Å². The van der Waals surface area contributed by atoms with Gasteiger partial charge in [0, 0.05) is 18.7 Å². The Balaban J connectivity index is 2.81. The van der Waals surface area contributed by atoms with Gasteiger partial charge in [-0.25, -0.2) is 0 Å². The smallest absolute Gasteiger partial charge is 0.292 e. The molecule has 0 fully saturated rings. The van der Waals surface area contributed by atoms with E-state index in [1.807, 2.05) is 18.9 Å². The van der Waals surface area contributed by atoms with E-state index < -0.39 is 4.92 Å². The Labute approximate surface area is 99.8 Å². The van der Waals surface area contributed by atoms with Crippen LogP contribution < -0.4 is 5.73 Å². The third kappa shape index (κ3) is 3.40. The summed E-state index contributed by atoms with van der Waals surface area (Å²) in [6.07, 6.45) is 0. The zero-order chi connectivity index (χ0) is 13.0. The van der Waals surface area contributed by atoms with Gasteiger partial charge in [0.2, 0.25) is 0 Å². The lowest BCUT2D eigenvalue weighted by Crippen LogP contribution is -2.31. The highest BCUT2D eigenvalue weighted by Gasteiger charge is 2.13. The number of nitrogens with zero attached hydrogens (tertiary/aromatic N) is 2. The summed E-state index contributed by atoms with van der Waals surface area (Å²) in [4.78, 5) is 12.0. The lowest BCUT2D eigenvalue weighted by atomic mass is 10.1. The van der Waals surface area contributed by atoms with Crippen LogP contribution in [0.4, 0.5) is 11.4 Å². The summed E-state index contributed by atoms with van der Waals surface area (Å²) in [6.45, 7) is 2.55. The number of hydrogen-bond donors (Lipinski definition) is 2. The zero-order valence-corrected chi connectivity index (χ0v) is 9.96. The number of nitrogens with two attached hydrogens (primary N) is 1. The highest BCUT2D eigenvalue weighted by atomic mass is 16.6. The number of likely N-dealkylation sites (N-methyl/N-ethyl adjacent to an activating group) is 1. The first-order valence-electron chi connectivity index (χ1n) is 5.29. The molecule has 0 aliphatic heterocycles. The maximum atomic E-state index is 10.6. The fourth-order valence-corrected chi connectivity index (χ4v) is 1.45. The first-order valence-corrected chi connectivity index (χ1v) is 5.29. The van der Waals surface area contributed by atoms with Gasteiger partial charge in [0.25, 0.3) is 5.69 Å². The highest BCUT2D eigenvalue weighted by Crippen LogP contribution is 2.22. The molecule has 0 saturated carbocycles. The Morgan fingerprint density at radius 3 is 2.71 bits per heavy atom. The first kappa shape index (κ1) is 13.4. The molecule has 0 heterocycles. The number of aliphatic hydroxyl groups is 1. The number of aliphatic hydroxyl groups excluding tert-OH is 1. The third-order valence-corrected chi connectivity index (χ3v) is 2.74. The van der Waals surface area contributed by atoms with E-state index in [2.05, 4.69) is 0 Å². The third-order valence-electron chi connectivity index (χ3n) is 2.74. The largest absolute Gasteiger partial charge is 0.395 e. The Bertz CT molecular complexity index is 409. The molecule has 3 N–H and O–H groups in total. The monoisotopic (exact) mass is 239 g/mol. The zero-order valence-electron chi connectivity index (χ0n) is 9.96. The van der Waals surface area contributed by atoms with Crippen LogP contribution in [0.2, 0.25) is 0 Å². The predicted molar refractivity (Wildman–Crippen MR) is 65.5 cm³/mol. The molecular weight excluding hydrogens is 222 g/mol. The van der Waals surface area contributed by atoms with Crippen molar-refractivity contribution in [3.05, 3.63) is 33.9 Å². The van der Waals surface area contributed by atoms with E-state index >= 15 is 0 Å². The molecule has 6 nitrogen and oxygen atoms in total. The fourth-order valence-electron chi connectivity index (χ4n) is 1.45. The van der Waals surface area contributed by atoms with Crippen molar-refractivity contribution in [3.63, 3.8) is 0 Å². The number of benzene rings is 1. The van der Waals surface area contributed by atoms with Gasteiger partial charge in [-0.15, -0.1) is 0 Å². The lowest BCUT2D eigenvalue weighted by molar-refractivity contribution is -0.383. The Kier molecular flexibility index (Phi) is 4.42. The Hall–Kier alpha value is -1.66. The topological polar surface area (TPSA) is 92.6 Å². The maximum Gasteiger partial charge on any atom is 0.292 e. The van der Waals surface area contributed by atoms with Crippen LogP contribution in [0.25, 0.3) is 0 Å². The van der Waals surface area contributed by atoms with Crippen LogP contribution >= 0.6 is 0 Å². The second-order valence-electron chi connectivity index (χ2n) is 4.10. The normalized spacial score (nSPS) is 12.7. The maximum absolute atomic E-state index is 10.6. The minimum atomic E-state index is -0.501. The van der Waals surface area contributed by atoms with E-state index in [0.717, 1.165) is 5.56 Å². The van der Waals surface area contributed by atoms with Crippen LogP contribution in [0.15, 0.2) is 18.2 Å². The van der Waals surface area contributed by atoms with Gasteiger partial charge >= 0.3 is 0 Å². The summed E-state index contributed by atoms with van der Waals surface area (Å²) in [5, 5.41) is 19.6. The van der Waals surface area contributed by atoms with Crippen LogP contribution in [0.1, 0.15) is 12.5 Å². The molecule has 0 aliphatic carbocycles. The van der Waals surface area contributed by atoms with Gasteiger partial charge in [0.05, 0.1) is 11.5 Å². The van der Waals surface area contributed by atoms with E-state index in [9.17, 15) is 10.1 Å². The number of nitrogen functional groups attached to an aromatic ring is 1. The summed E-state index contributed by atoms with van der Waals surface area (Å²) in [5.41, 5.74) is 6.57. The molecule has 0 amide bonds. The molecule has 0 aromatic heterocycles. The van der Waals surface area contributed by atoms with Crippen LogP contribution in [-0.4, -0.2) is 34.6 Å². The lowest BCUT2D eigenvalue weighted by Gasteiger charge is -2.22. The molecule has 1 rings (SSSR count). The van der Waals surface area contributed by atoms with Crippen molar-refractivity contribution in [2.75, 3.05) is 19.4 Å². The number of nitro benzene ring substituents is 1. The van der Waals surface area contributed by atoms with Crippen molar-refractivity contribution in [3.8, 4) is 0 Å². The predicted octanol–water partition coefficient (Wildman–Crippen LogP) is 0.990. The molecule has 6 heteroatoms. The Morgan fingerprint density at radius 1 is 1.59 bits per heavy atom. The molecule has 17 heavy (non-hydrogen) atoms. The van der Waals surface area contributed by atoms with Crippen molar-refractivity contribution >= 4 is 11.4 Å². The van der Waals surface area contributed by atoms with E-state index in [-0.39, 0.29) is 24.0 Å². The molecule has 94 valence electrons. The molecule has 0 bridgehead atoms. The van der Waals surface area contributed by atoms with E-state index in [0.29, 0.717) is 6.54 Å². The quantitative estimate of drug-likeness (QED) is 0.454. The van der Waals surface area contributed by atoms with E-state index in [4.69, 9.17) is 10.8 Å². The SMILES string of the molecule is CC(CO)N(C)Cc1ccc([N+](=O)[O-])c(N)c1. The van der Waals surface area contributed by atoms with Crippen molar-refractivity contribution < 1.29 is 10.0 Å². The van der Waals surface area contributed by atoms with Gasteiger partial charge in [0.15, 0.2) is 0 Å². The molecule has 0 radical (unpaired) electrons. The van der Waals surface area contributed by atoms with Gasteiger partial charge in [-0.3, -0.25) is 15.0 Å². The summed E-state index contributed by atoms with van der Waals surface area (Å²) in [5.74, 6) is 0. The van der Waals surface area contributed by atoms with E-state index in [1.54, 1.807) is 12.1 Å². The molecule has 1 unspecified atom stereocenters. The molecule has 1 aromatic carbocycles. The average Bonchev–Trinajstić information content (AvgIpc) is 2.27. The van der Waals surface area contributed by atoms with Crippen molar-refractivity contribution in [2.24, 2.45) is 0 Å². The van der Waals surface area contributed by atoms with Crippen LogP contribution in [0.3, 0.4) is 0 Å². The highest BCUT2D eigenvalue weighted by molar-refractivity contribution is 5.59. The van der Waals surface area contributed by atoms with Crippen LogP contribution in [0.5, 0.6) is 0 Å². The molecule has 1 atom stereocenters. The van der Waals surface area contributed by atoms with Gasteiger partial charge in [-0.2, -0.15) is 0 Å². The molecule has 0 saturated heterocycles. The van der Waals surface area contributed by atoms with E-state index in [1.165, 1.54) is 6.07 Å². The van der Waals surface area contributed by atoms with Crippen molar-refractivity contribution in [1.29, 1.82) is 0 Å². The number of anilines is 1. The van der Waals surface area contributed by atoms with Gasteiger partial charge in [-0.05, 0) is 25.6 Å². The number of nitro groups is 1.